The van der Waals surface area contributed by atoms with Gasteiger partial charge in [0.15, 0.2) is 0 Å². The van der Waals surface area contributed by atoms with Crippen molar-refractivity contribution in [1.82, 2.24) is 5.32 Å². The summed E-state index contributed by atoms with van der Waals surface area (Å²) in [6.07, 6.45) is 3.28. The summed E-state index contributed by atoms with van der Waals surface area (Å²) in [7, 11) is 0. The summed E-state index contributed by atoms with van der Waals surface area (Å²) in [6, 6.07) is 6.48. The lowest BCUT2D eigenvalue weighted by Gasteiger charge is -2.28. The molecule has 0 aromatic heterocycles. The fourth-order valence-electron chi connectivity index (χ4n) is 2.73. The number of hydrogen-bond donors (Lipinski definition) is 2. The van der Waals surface area contributed by atoms with Crippen molar-refractivity contribution in [3.8, 4) is 5.75 Å². The molecule has 0 bridgehead atoms. The molecular formula is C17H25NO3. The Morgan fingerprint density at radius 1 is 1.48 bits per heavy atom. The predicted molar refractivity (Wildman–Crippen MR) is 82.7 cm³/mol. The monoisotopic (exact) mass is 291 g/mol. The summed E-state index contributed by atoms with van der Waals surface area (Å²) in [6.45, 7) is 6.62. The second-order valence-corrected chi connectivity index (χ2v) is 6.30. The molecule has 0 radical (unpaired) electrons. The Labute approximate surface area is 126 Å². The van der Waals surface area contributed by atoms with Crippen LogP contribution in [-0.2, 0) is 11.2 Å². The lowest BCUT2D eigenvalue weighted by molar-refractivity contribution is -0.148. The van der Waals surface area contributed by atoms with Gasteiger partial charge in [-0.1, -0.05) is 19.1 Å². The second-order valence-electron chi connectivity index (χ2n) is 6.30. The zero-order chi connectivity index (χ0) is 15.5. The summed E-state index contributed by atoms with van der Waals surface area (Å²) in [4.78, 5) is 11.2. The molecule has 2 N–H and O–H groups in total. The number of benzene rings is 1. The topological polar surface area (TPSA) is 58.6 Å². The Kier molecular flexibility index (Phi) is 4.88. The zero-order valence-electron chi connectivity index (χ0n) is 13.1. The van der Waals surface area contributed by atoms with Crippen LogP contribution in [0.2, 0.25) is 0 Å². The number of ether oxygens (including phenoxy) is 1. The molecule has 21 heavy (non-hydrogen) atoms. The van der Waals surface area contributed by atoms with E-state index in [4.69, 9.17) is 4.74 Å². The molecule has 0 saturated carbocycles. The number of carboxylic acids is 1. The molecule has 2 rings (SSSR count). The molecule has 4 heteroatoms. The maximum Gasteiger partial charge on any atom is 0.312 e. The maximum atomic E-state index is 11.2. The molecule has 0 spiro atoms. The van der Waals surface area contributed by atoms with Crippen LogP contribution in [-0.4, -0.2) is 24.2 Å². The van der Waals surface area contributed by atoms with Crippen molar-refractivity contribution >= 4 is 5.97 Å². The third kappa shape index (κ3) is 3.56. The number of aliphatic carboxylic acids is 1. The summed E-state index contributed by atoms with van der Waals surface area (Å²) in [5.74, 6) is 0.00209. The van der Waals surface area contributed by atoms with Gasteiger partial charge >= 0.3 is 5.97 Å². The fourth-order valence-corrected chi connectivity index (χ4v) is 2.73. The van der Waals surface area contributed by atoms with Crippen molar-refractivity contribution in [1.29, 1.82) is 0 Å². The van der Waals surface area contributed by atoms with Gasteiger partial charge < -0.3 is 15.2 Å². The minimum absolute atomic E-state index is 0.185. The standard InChI is InChI=1S/C17H25NO3/c1-4-18-14-9-5-8-13-12(14)7-6-10-15(13)21-11-17(2,3)16(19)20/h6-7,10,14,18H,4-5,8-9,11H2,1-3H3,(H,19,20). The largest absolute Gasteiger partial charge is 0.492 e. The molecule has 0 saturated heterocycles. The number of hydrogen-bond acceptors (Lipinski definition) is 3. The van der Waals surface area contributed by atoms with Crippen LogP contribution in [0.4, 0.5) is 0 Å². The molecule has 1 atom stereocenters. The Balaban J connectivity index is 2.18. The van der Waals surface area contributed by atoms with Crippen molar-refractivity contribution in [2.24, 2.45) is 5.41 Å². The lowest BCUT2D eigenvalue weighted by atomic mass is 9.87. The average molecular weight is 291 g/mol. The quantitative estimate of drug-likeness (QED) is 0.845. The van der Waals surface area contributed by atoms with Crippen molar-refractivity contribution in [3.63, 3.8) is 0 Å². The van der Waals surface area contributed by atoms with Crippen LogP contribution in [0.3, 0.4) is 0 Å². The van der Waals surface area contributed by atoms with Crippen LogP contribution < -0.4 is 10.1 Å². The van der Waals surface area contributed by atoms with Gasteiger partial charge in [0.2, 0.25) is 0 Å². The van der Waals surface area contributed by atoms with E-state index in [0.29, 0.717) is 6.04 Å². The summed E-state index contributed by atoms with van der Waals surface area (Å²) < 4.78 is 5.85. The first-order chi connectivity index (χ1) is 9.95. The lowest BCUT2D eigenvalue weighted by Crippen LogP contribution is -2.31. The van der Waals surface area contributed by atoms with E-state index < -0.39 is 11.4 Å². The van der Waals surface area contributed by atoms with E-state index in [-0.39, 0.29) is 6.61 Å². The molecule has 0 fully saturated rings. The molecule has 1 aromatic rings. The van der Waals surface area contributed by atoms with E-state index in [9.17, 15) is 9.90 Å². The van der Waals surface area contributed by atoms with E-state index in [1.54, 1.807) is 13.8 Å². The van der Waals surface area contributed by atoms with Crippen molar-refractivity contribution in [3.05, 3.63) is 29.3 Å². The summed E-state index contributed by atoms with van der Waals surface area (Å²) in [5.41, 5.74) is 1.66. The fraction of sp³-hybridized carbons (Fsp3) is 0.588. The molecule has 0 heterocycles. The SMILES string of the molecule is CCNC1CCCc2c(OCC(C)(C)C(=O)O)cccc21. The first-order valence-electron chi connectivity index (χ1n) is 7.67. The summed E-state index contributed by atoms with van der Waals surface area (Å²) in [5, 5.41) is 12.7. The van der Waals surface area contributed by atoms with Gasteiger partial charge in [-0.05, 0) is 56.8 Å². The maximum absolute atomic E-state index is 11.2. The van der Waals surface area contributed by atoms with Crippen LogP contribution in [0.5, 0.6) is 5.75 Å². The molecule has 4 nitrogen and oxygen atoms in total. The van der Waals surface area contributed by atoms with Gasteiger partial charge in [0.05, 0.1) is 5.41 Å². The van der Waals surface area contributed by atoms with E-state index in [1.807, 2.05) is 12.1 Å². The number of rotatable bonds is 6. The van der Waals surface area contributed by atoms with Crippen molar-refractivity contribution < 1.29 is 14.6 Å². The third-order valence-electron chi connectivity index (χ3n) is 4.08. The molecule has 1 unspecified atom stereocenters. The van der Waals surface area contributed by atoms with E-state index in [0.717, 1.165) is 31.6 Å². The number of carbonyl (C=O) groups is 1. The van der Waals surface area contributed by atoms with Gasteiger partial charge in [0.25, 0.3) is 0 Å². The highest BCUT2D eigenvalue weighted by atomic mass is 16.5. The van der Waals surface area contributed by atoms with Crippen LogP contribution in [0.1, 0.15) is 50.8 Å². The zero-order valence-corrected chi connectivity index (χ0v) is 13.1. The Morgan fingerprint density at radius 2 is 2.24 bits per heavy atom. The number of fused-ring (bicyclic) bond motifs is 1. The average Bonchev–Trinajstić information content (AvgIpc) is 2.45. The normalized spacial score (nSPS) is 18.1. The summed E-state index contributed by atoms with van der Waals surface area (Å²) >= 11 is 0. The van der Waals surface area contributed by atoms with Crippen LogP contribution in [0.25, 0.3) is 0 Å². The van der Waals surface area contributed by atoms with Gasteiger partial charge in [-0.25, -0.2) is 0 Å². The molecule has 1 aromatic carbocycles. The van der Waals surface area contributed by atoms with Gasteiger partial charge in [-0.2, -0.15) is 0 Å². The Bertz CT molecular complexity index is 511. The first kappa shape index (κ1) is 15.8. The molecule has 1 aliphatic carbocycles. The van der Waals surface area contributed by atoms with Gasteiger partial charge in [0, 0.05) is 6.04 Å². The highest BCUT2D eigenvalue weighted by Gasteiger charge is 2.29. The van der Waals surface area contributed by atoms with Gasteiger partial charge in [-0.15, -0.1) is 0 Å². The Morgan fingerprint density at radius 3 is 2.90 bits per heavy atom. The second kappa shape index (κ2) is 6.48. The smallest absolute Gasteiger partial charge is 0.312 e. The molecule has 0 amide bonds. The van der Waals surface area contributed by atoms with E-state index in [2.05, 4.69) is 18.3 Å². The highest BCUT2D eigenvalue weighted by Crippen LogP contribution is 2.35. The van der Waals surface area contributed by atoms with Crippen LogP contribution in [0.15, 0.2) is 18.2 Å². The van der Waals surface area contributed by atoms with E-state index >= 15 is 0 Å². The number of carboxylic acid groups (broad SMARTS) is 1. The first-order valence-corrected chi connectivity index (χ1v) is 7.67. The third-order valence-corrected chi connectivity index (χ3v) is 4.08. The molecular weight excluding hydrogens is 266 g/mol. The minimum atomic E-state index is -0.877. The van der Waals surface area contributed by atoms with Gasteiger partial charge in [0.1, 0.15) is 12.4 Å². The predicted octanol–water partition coefficient (Wildman–Crippen LogP) is 3.16. The molecule has 1 aliphatic rings. The van der Waals surface area contributed by atoms with E-state index in [1.165, 1.54) is 11.1 Å². The number of nitrogens with one attached hydrogen (secondary N) is 1. The van der Waals surface area contributed by atoms with Crippen molar-refractivity contribution in [2.45, 2.75) is 46.1 Å². The van der Waals surface area contributed by atoms with Crippen LogP contribution in [0, 0.1) is 5.41 Å². The molecule has 0 aliphatic heterocycles. The van der Waals surface area contributed by atoms with Crippen molar-refractivity contribution in [2.75, 3.05) is 13.2 Å². The van der Waals surface area contributed by atoms with Gasteiger partial charge in [-0.3, -0.25) is 4.79 Å². The minimum Gasteiger partial charge on any atom is -0.492 e. The molecule has 116 valence electrons. The van der Waals surface area contributed by atoms with Crippen LogP contribution >= 0.6 is 0 Å². The highest BCUT2D eigenvalue weighted by molar-refractivity contribution is 5.73. The Hall–Kier alpha value is -1.55.